The number of aliphatic imine (C=N–C) groups is 1. The van der Waals surface area contributed by atoms with Crippen LogP contribution in [0.4, 0.5) is 0 Å². The molecule has 1 aromatic rings. The van der Waals surface area contributed by atoms with E-state index in [4.69, 9.17) is 21.1 Å². The molecule has 25 heavy (non-hydrogen) atoms. The predicted molar refractivity (Wildman–Crippen MR) is 115 cm³/mol. The topological polar surface area (TPSA) is 54.9 Å². The van der Waals surface area contributed by atoms with E-state index in [1.165, 1.54) is 0 Å². The van der Waals surface area contributed by atoms with Crippen molar-refractivity contribution in [3.63, 3.8) is 0 Å². The third-order valence-corrected chi connectivity index (χ3v) is 4.78. The van der Waals surface area contributed by atoms with Gasteiger partial charge in [-0.3, -0.25) is 4.99 Å². The van der Waals surface area contributed by atoms with Gasteiger partial charge in [-0.2, -0.15) is 0 Å². The van der Waals surface area contributed by atoms with Gasteiger partial charge in [0.2, 0.25) is 0 Å². The third kappa shape index (κ3) is 5.89. The Morgan fingerprint density at radius 3 is 2.64 bits per heavy atom. The third-order valence-electron chi connectivity index (χ3n) is 4.54. The second kappa shape index (κ2) is 11.1. The number of nitrogens with one attached hydrogen (secondary N) is 2. The zero-order valence-electron chi connectivity index (χ0n) is 15.2. The molecule has 1 aliphatic rings. The quantitative estimate of drug-likeness (QED) is 0.370. The maximum atomic E-state index is 6.27. The SMILES string of the molecule is CCCNC(=NC)NCC1(c2cc(Cl)ccc2OC)CCOCC1.I. The van der Waals surface area contributed by atoms with Crippen LogP contribution in [-0.4, -0.2) is 46.4 Å². The summed E-state index contributed by atoms with van der Waals surface area (Å²) >= 11 is 6.27. The van der Waals surface area contributed by atoms with Gasteiger partial charge in [0.1, 0.15) is 5.75 Å². The number of rotatable bonds is 6. The van der Waals surface area contributed by atoms with Gasteiger partial charge in [0.05, 0.1) is 7.11 Å². The van der Waals surface area contributed by atoms with E-state index in [2.05, 4.69) is 22.5 Å². The van der Waals surface area contributed by atoms with E-state index >= 15 is 0 Å². The molecule has 1 aromatic carbocycles. The van der Waals surface area contributed by atoms with Crippen LogP contribution in [0.2, 0.25) is 5.02 Å². The first-order valence-electron chi connectivity index (χ1n) is 8.51. The number of ether oxygens (including phenoxy) is 2. The van der Waals surface area contributed by atoms with Gasteiger partial charge in [-0.15, -0.1) is 24.0 Å². The highest BCUT2D eigenvalue weighted by atomic mass is 127. The molecule has 0 aliphatic carbocycles. The molecule has 0 atom stereocenters. The summed E-state index contributed by atoms with van der Waals surface area (Å²) < 4.78 is 11.2. The largest absolute Gasteiger partial charge is 0.496 e. The summed E-state index contributed by atoms with van der Waals surface area (Å²) in [5.74, 6) is 1.70. The number of benzene rings is 1. The van der Waals surface area contributed by atoms with E-state index in [0.717, 1.165) is 67.9 Å². The van der Waals surface area contributed by atoms with E-state index in [0.29, 0.717) is 0 Å². The molecule has 2 N–H and O–H groups in total. The van der Waals surface area contributed by atoms with Crippen molar-refractivity contribution in [2.75, 3.05) is 40.5 Å². The maximum absolute atomic E-state index is 6.27. The standard InChI is InChI=1S/C18H28ClN3O2.HI/c1-4-9-21-17(20-2)22-13-18(7-10-24-11-8-18)15-12-14(19)5-6-16(15)23-3;/h5-6,12H,4,7-11,13H2,1-3H3,(H2,20,21,22);1H. The lowest BCUT2D eigenvalue weighted by Gasteiger charge is -2.39. The van der Waals surface area contributed by atoms with Crippen molar-refractivity contribution < 1.29 is 9.47 Å². The molecule has 0 saturated carbocycles. The first kappa shape index (κ1) is 22.3. The molecule has 0 unspecified atom stereocenters. The summed E-state index contributed by atoms with van der Waals surface area (Å²) in [6, 6.07) is 5.83. The average Bonchev–Trinajstić information content (AvgIpc) is 2.62. The maximum Gasteiger partial charge on any atom is 0.191 e. The van der Waals surface area contributed by atoms with Crippen LogP contribution in [-0.2, 0) is 10.2 Å². The number of hydrogen-bond acceptors (Lipinski definition) is 3. The molecular formula is C18H29ClIN3O2. The molecule has 142 valence electrons. The Kier molecular flexibility index (Phi) is 9.89. The van der Waals surface area contributed by atoms with Crippen molar-refractivity contribution in [3.8, 4) is 5.75 Å². The first-order valence-corrected chi connectivity index (χ1v) is 8.89. The molecule has 0 bridgehead atoms. The minimum absolute atomic E-state index is 0. The molecule has 0 spiro atoms. The van der Waals surface area contributed by atoms with Gasteiger partial charge < -0.3 is 20.1 Å². The van der Waals surface area contributed by atoms with Crippen molar-refractivity contribution >= 4 is 41.5 Å². The van der Waals surface area contributed by atoms with Crippen LogP contribution in [0.5, 0.6) is 5.75 Å². The van der Waals surface area contributed by atoms with Gasteiger partial charge in [-0.25, -0.2) is 0 Å². The van der Waals surface area contributed by atoms with Crippen LogP contribution >= 0.6 is 35.6 Å². The van der Waals surface area contributed by atoms with Crippen molar-refractivity contribution in [2.45, 2.75) is 31.6 Å². The van der Waals surface area contributed by atoms with Crippen molar-refractivity contribution in [2.24, 2.45) is 4.99 Å². The van der Waals surface area contributed by atoms with Gasteiger partial charge in [0.15, 0.2) is 5.96 Å². The van der Waals surface area contributed by atoms with Crippen LogP contribution in [0.15, 0.2) is 23.2 Å². The second-order valence-corrected chi connectivity index (χ2v) is 6.53. The second-order valence-electron chi connectivity index (χ2n) is 6.09. The summed E-state index contributed by atoms with van der Waals surface area (Å²) in [6.07, 6.45) is 2.89. The van der Waals surface area contributed by atoms with Gasteiger partial charge in [-0.05, 0) is 37.5 Å². The highest BCUT2D eigenvalue weighted by Crippen LogP contribution is 2.40. The Hall–Kier alpha value is -0.730. The molecule has 7 heteroatoms. The van der Waals surface area contributed by atoms with Crippen molar-refractivity contribution in [3.05, 3.63) is 28.8 Å². The molecule has 0 radical (unpaired) electrons. The molecule has 1 aliphatic heterocycles. The zero-order chi connectivity index (χ0) is 17.4. The molecule has 5 nitrogen and oxygen atoms in total. The van der Waals surface area contributed by atoms with Crippen molar-refractivity contribution in [1.82, 2.24) is 10.6 Å². The summed E-state index contributed by atoms with van der Waals surface area (Å²) in [5.41, 5.74) is 1.05. The molecule has 1 heterocycles. The van der Waals surface area contributed by atoms with Crippen LogP contribution in [0.25, 0.3) is 0 Å². The predicted octanol–water partition coefficient (Wildman–Crippen LogP) is 3.59. The first-order chi connectivity index (χ1) is 11.6. The minimum atomic E-state index is -0.0850. The Balaban J connectivity index is 0.00000312. The summed E-state index contributed by atoms with van der Waals surface area (Å²) in [7, 11) is 3.50. The highest BCUT2D eigenvalue weighted by molar-refractivity contribution is 14.0. The Morgan fingerprint density at radius 2 is 2.04 bits per heavy atom. The van der Waals surface area contributed by atoms with Gasteiger partial charge in [-0.1, -0.05) is 18.5 Å². The fourth-order valence-electron chi connectivity index (χ4n) is 3.12. The van der Waals surface area contributed by atoms with E-state index in [-0.39, 0.29) is 29.4 Å². The van der Waals surface area contributed by atoms with Crippen molar-refractivity contribution in [1.29, 1.82) is 0 Å². The van der Waals surface area contributed by atoms with Gasteiger partial charge >= 0.3 is 0 Å². The van der Waals surface area contributed by atoms with Crippen LogP contribution in [0.1, 0.15) is 31.7 Å². The fraction of sp³-hybridized carbons (Fsp3) is 0.611. The van der Waals surface area contributed by atoms with Gasteiger partial charge in [0, 0.05) is 49.4 Å². The number of hydrogen-bond donors (Lipinski definition) is 2. The molecule has 2 rings (SSSR count). The van der Waals surface area contributed by atoms with E-state index in [1.807, 2.05) is 18.2 Å². The number of nitrogens with zero attached hydrogens (tertiary/aromatic N) is 1. The van der Waals surface area contributed by atoms with Crippen LogP contribution < -0.4 is 15.4 Å². The van der Waals surface area contributed by atoms with Gasteiger partial charge in [0.25, 0.3) is 0 Å². The number of halogens is 2. The fourth-order valence-corrected chi connectivity index (χ4v) is 3.29. The zero-order valence-corrected chi connectivity index (χ0v) is 18.3. The van der Waals surface area contributed by atoms with Crippen LogP contribution in [0.3, 0.4) is 0 Å². The van der Waals surface area contributed by atoms with Crippen LogP contribution in [0, 0.1) is 0 Å². The minimum Gasteiger partial charge on any atom is -0.496 e. The van der Waals surface area contributed by atoms with E-state index < -0.39 is 0 Å². The Labute approximate surface area is 172 Å². The monoisotopic (exact) mass is 481 g/mol. The summed E-state index contributed by atoms with van der Waals surface area (Å²) in [4.78, 5) is 4.30. The lowest BCUT2D eigenvalue weighted by atomic mass is 9.73. The summed E-state index contributed by atoms with van der Waals surface area (Å²) in [5, 5.41) is 7.51. The summed E-state index contributed by atoms with van der Waals surface area (Å²) in [6.45, 7) is 5.26. The molecule has 0 aromatic heterocycles. The molecule has 1 fully saturated rings. The molecule has 0 amide bonds. The Bertz CT molecular complexity index is 563. The molecular weight excluding hydrogens is 453 g/mol. The lowest BCUT2D eigenvalue weighted by molar-refractivity contribution is 0.0505. The van der Waals surface area contributed by atoms with E-state index in [9.17, 15) is 0 Å². The normalized spacial score (nSPS) is 16.7. The average molecular weight is 482 g/mol. The van der Waals surface area contributed by atoms with E-state index in [1.54, 1.807) is 14.2 Å². The number of guanidine groups is 1. The molecule has 1 saturated heterocycles. The smallest absolute Gasteiger partial charge is 0.191 e. The number of methoxy groups -OCH3 is 1. The lowest BCUT2D eigenvalue weighted by Crippen LogP contribution is -2.48. The Morgan fingerprint density at radius 1 is 1.32 bits per heavy atom. The highest BCUT2D eigenvalue weighted by Gasteiger charge is 2.37.